The SMILES string of the molecule is CC(=O)Nc1cc(N(CCO)CCO)ccc1N=Nc1nc2ccc([N+](=O)[O-])cc2s1. The molecule has 1 amide bonds. The molecule has 0 atom stereocenters. The molecule has 0 saturated carbocycles. The molecular weight excluding hydrogens is 424 g/mol. The molecule has 11 nitrogen and oxygen atoms in total. The van der Waals surface area contributed by atoms with Crippen molar-refractivity contribution in [2.45, 2.75) is 6.92 Å². The first-order valence-electron chi connectivity index (χ1n) is 9.26. The molecule has 3 aromatic rings. The topological polar surface area (TPSA) is 154 Å². The van der Waals surface area contributed by atoms with Gasteiger partial charge in [-0.25, -0.2) is 4.98 Å². The molecule has 3 N–H and O–H groups in total. The smallest absolute Gasteiger partial charge is 0.270 e. The van der Waals surface area contributed by atoms with E-state index >= 15 is 0 Å². The molecule has 1 heterocycles. The molecule has 1 aromatic heterocycles. The lowest BCUT2D eigenvalue weighted by Gasteiger charge is -2.23. The van der Waals surface area contributed by atoms with Gasteiger partial charge >= 0.3 is 0 Å². The first kappa shape index (κ1) is 22.2. The van der Waals surface area contributed by atoms with Gasteiger partial charge in [-0.05, 0) is 24.3 Å². The average molecular weight is 444 g/mol. The molecule has 0 bridgehead atoms. The van der Waals surface area contributed by atoms with Crippen LogP contribution in [0, 0.1) is 10.1 Å². The second-order valence-corrected chi connectivity index (χ2v) is 7.43. The van der Waals surface area contributed by atoms with Gasteiger partial charge in [0.1, 0.15) is 5.69 Å². The van der Waals surface area contributed by atoms with E-state index in [0.717, 1.165) is 11.3 Å². The number of carbonyl (C=O) groups excluding carboxylic acids is 1. The van der Waals surface area contributed by atoms with E-state index in [4.69, 9.17) is 0 Å². The zero-order valence-corrected chi connectivity index (χ0v) is 17.4. The number of hydrogen-bond acceptors (Lipinski definition) is 10. The average Bonchev–Trinajstić information content (AvgIpc) is 3.14. The molecule has 0 aliphatic heterocycles. The monoisotopic (exact) mass is 444 g/mol. The lowest BCUT2D eigenvalue weighted by Crippen LogP contribution is -2.29. The van der Waals surface area contributed by atoms with Gasteiger partial charge in [-0.2, -0.15) is 0 Å². The summed E-state index contributed by atoms with van der Waals surface area (Å²) in [5.74, 6) is -0.295. The number of aliphatic hydroxyl groups excluding tert-OH is 2. The third-order valence-corrected chi connectivity index (χ3v) is 5.11. The summed E-state index contributed by atoms with van der Waals surface area (Å²) in [4.78, 5) is 28.2. The number of rotatable bonds is 9. The maximum Gasteiger partial charge on any atom is 0.270 e. The fourth-order valence-electron chi connectivity index (χ4n) is 2.86. The second-order valence-electron chi connectivity index (χ2n) is 6.42. The third kappa shape index (κ3) is 5.57. The minimum atomic E-state index is -0.474. The number of non-ortho nitro benzene ring substituents is 1. The van der Waals surface area contributed by atoms with E-state index in [9.17, 15) is 25.1 Å². The van der Waals surface area contributed by atoms with Gasteiger partial charge in [0.15, 0.2) is 0 Å². The first-order valence-corrected chi connectivity index (χ1v) is 10.1. The van der Waals surface area contributed by atoms with Crippen molar-refractivity contribution in [2.75, 3.05) is 36.5 Å². The standard InChI is InChI=1S/C19H20N6O5S/c1-12(28)20-17-10-13(24(6-8-26)7-9-27)2-4-15(17)22-23-19-21-16-5-3-14(25(29)30)11-18(16)31-19/h2-5,10-11,26-27H,6-9H2,1H3,(H,20,28). The summed E-state index contributed by atoms with van der Waals surface area (Å²) >= 11 is 1.16. The Labute approximate surface area is 180 Å². The van der Waals surface area contributed by atoms with Crippen molar-refractivity contribution < 1.29 is 19.9 Å². The van der Waals surface area contributed by atoms with E-state index in [1.54, 1.807) is 29.2 Å². The number of fused-ring (bicyclic) bond motifs is 1. The number of amides is 1. The first-order chi connectivity index (χ1) is 14.9. The van der Waals surface area contributed by atoms with Gasteiger partial charge in [0.05, 0.1) is 34.0 Å². The molecule has 31 heavy (non-hydrogen) atoms. The largest absolute Gasteiger partial charge is 0.395 e. The van der Waals surface area contributed by atoms with E-state index < -0.39 is 4.92 Å². The summed E-state index contributed by atoms with van der Waals surface area (Å²) in [6.45, 7) is 1.82. The maximum absolute atomic E-state index is 11.6. The number of nitro benzene ring substituents is 1. The van der Waals surface area contributed by atoms with Crippen LogP contribution in [0.25, 0.3) is 10.2 Å². The van der Waals surface area contributed by atoms with Crippen molar-refractivity contribution in [1.29, 1.82) is 0 Å². The Hall–Kier alpha value is -3.48. The molecule has 0 radical (unpaired) electrons. The molecule has 0 saturated heterocycles. The summed E-state index contributed by atoms with van der Waals surface area (Å²) in [5.41, 5.74) is 2.03. The maximum atomic E-state index is 11.6. The Kier molecular flexibility index (Phi) is 7.18. The molecule has 0 fully saturated rings. The number of thiazole rings is 1. The van der Waals surface area contributed by atoms with Gasteiger partial charge in [-0.15, -0.1) is 10.2 Å². The minimum Gasteiger partial charge on any atom is -0.395 e. The lowest BCUT2D eigenvalue weighted by atomic mass is 10.2. The van der Waals surface area contributed by atoms with Gasteiger partial charge in [0, 0.05) is 37.8 Å². The van der Waals surface area contributed by atoms with Gasteiger partial charge in [0.25, 0.3) is 5.69 Å². The van der Waals surface area contributed by atoms with Gasteiger partial charge in [-0.3, -0.25) is 14.9 Å². The molecule has 2 aromatic carbocycles. The van der Waals surface area contributed by atoms with Crippen molar-refractivity contribution in [3.8, 4) is 0 Å². The van der Waals surface area contributed by atoms with E-state index in [1.165, 1.54) is 19.1 Å². The highest BCUT2D eigenvalue weighted by atomic mass is 32.1. The highest BCUT2D eigenvalue weighted by molar-refractivity contribution is 7.21. The van der Waals surface area contributed by atoms with Crippen LogP contribution in [0.5, 0.6) is 0 Å². The number of hydrogen-bond donors (Lipinski definition) is 3. The third-order valence-electron chi connectivity index (χ3n) is 4.21. The van der Waals surface area contributed by atoms with E-state index in [0.29, 0.717) is 45.5 Å². The number of nitrogens with zero attached hydrogens (tertiary/aromatic N) is 5. The Morgan fingerprint density at radius 1 is 1.19 bits per heavy atom. The van der Waals surface area contributed by atoms with E-state index in [2.05, 4.69) is 20.5 Å². The number of benzene rings is 2. The number of nitro groups is 1. The molecule has 0 aliphatic carbocycles. The van der Waals surface area contributed by atoms with Gasteiger partial charge in [-0.1, -0.05) is 11.3 Å². The number of anilines is 2. The molecule has 12 heteroatoms. The molecule has 3 rings (SSSR count). The summed E-state index contributed by atoms with van der Waals surface area (Å²) < 4.78 is 0.615. The van der Waals surface area contributed by atoms with E-state index in [1.807, 2.05) is 0 Å². The van der Waals surface area contributed by atoms with E-state index in [-0.39, 0.29) is 24.8 Å². The number of azo groups is 1. The highest BCUT2D eigenvalue weighted by Gasteiger charge is 2.12. The quantitative estimate of drug-likeness (QED) is 0.260. The number of carbonyl (C=O) groups is 1. The summed E-state index contributed by atoms with van der Waals surface area (Å²) in [7, 11) is 0. The molecule has 0 spiro atoms. The number of nitrogens with one attached hydrogen (secondary N) is 1. The second kappa shape index (κ2) is 10.0. The summed E-state index contributed by atoms with van der Waals surface area (Å²) in [5, 5.41) is 40.7. The van der Waals surface area contributed by atoms with Crippen molar-refractivity contribution in [3.05, 3.63) is 46.5 Å². The fourth-order valence-corrected chi connectivity index (χ4v) is 3.68. The van der Waals surface area contributed by atoms with Crippen LogP contribution < -0.4 is 10.2 Å². The Bertz CT molecular complexity index is 1130. The normalized spacial score (nSPS) is 11.2. The molecule has 0 aliphatic rings. The summed E-state index contributed by atoms with van der Waals surface area (Å²) in [6.07, 6.45) is 0. The predicted octanol–water partition coefficient (Wildman–Crippen LogP) is 3.37. The van der Waals surface area contributed by atoms with Gasteiger partial charge < -0.3 is 20.4 Å². The Morgan fingerprint density at radius 3 is 2.58 bits per heavy atom. The lowest BCUT2D eigenvalue weighted by molar-refractivity contribution is -0.384. The summed E-state index contributed by atoms with van der Waals surface area (Å²) in [6, 6.07) is 9.44. The van der Waals surface area contributed by atoms with Crippen LogP contribution in [-0.2, 0) is 4.79 Å². The zero-order valence-electron chi connectivity index (χ0n) is 16.6. The Balaban J connectivity index is 1.91. The Morgan fingerprint density at radius 2 is 1.94 bits per heavy atom. The fraction of sp³-hybridized carbons (Fsp3) is 0.263. The number of aliphatic hydroxyl groups is 2. The zero-order chi connectivity index (χ0) is 22.4. The van der Waals surface area contributed by atoms with Crippen LogP contribution >= 0.6 is 11.3 Å². The predicted molar refractivity (Wildman–Crippen MR) is 118 cm³/mol. The van der Waals surface area contributed by atoms with Gasteiger partial charge in [0.2, 0.25) is 11.0 Å². The van der Waals surface area contributed by atoms with Crippen LogP contribution in [-0.4, -0.2) is 52.3 Å². The number of aromatic nitrogens is 1. The van der Waals surface area contributed by atoms with Crippen LogP contribution in [0.1, 0.15) is 6.92 Å². The van der Waals surface area contributed by atoms with Crippen LogP contribution in [0.2, 0.25) is 0 Å². The molecule has 162 valence electrons. The van der Waals surface area contributed by atoms with Crippen LogP contribution in [0.4, 0.5) is 27.9 Å². The van der Waals surface area contributed by atoms with Crippen molar-refractivity contribution >= 4 is 55.3 Å². The van der Waals surface area contributed by atoms with Crippen molar-refractivity contribution in [1.82, 2.24) is 4.98 Å². The van der Waals surface area contributed by atoms with Crippen LogP contribution in [0.3, 0.4) is 0 Å². The highest BCUT2D eigenvalue weighted by Crippen LogP contribution is 2.34. The van der Waals surface area contributed by atoms with Crippen LogP contribution in [0.15, 0.2) is 46.6 Å². The minimum absolute atomic E-state index is 0.0292. The van der Waals surface area contributed by atoms with Crippen molar-refractivity contribution in [2.24, 2.45) is 10.2 Å². The van der Waals surface area contributed by atoms with Crippen molar-refractivity contribution in [3.63, 3.8) is 0 Å². The molecule has 0 unspecified atom stereocenters. The molecular formula is C19H20N6O5S.